The summed E-state index contributed by atoms with van der Waals surface area (Å²) < 4.78 is 80.4. The summed E-state index contributed by atoms with van der Waals surface area (Å²) in [5.74, 6) is -1.04. The minimum absolute atomic E-state index is 0. The molecule has 0 bridgehead atoms. The number of hydrogen-bond donors (Lipinski definition) is 1. The van der Waals surface area contributed by atoms with Crippen LogP contribution in [0.2, 0.25) is 10.0 Å². The molecule has 0 spiro atoms. The number of hydrogen-bond acceptors (Lipinski definition) is 3. The first-order chi connectivity index (χ1) is 20.1. The number of Topliss-reactive ketones (excluding diaryl/α,β-unsaturated/α-hetero) is 1. The Balaban J connectivity index is 0.00000529. The number of nitrogens with zero attached hydrogens (tertiary/aromatic N) is 1. The molecule has 44 heavy (non-hydrogen) atoms. The topological polar surface area (TPSA) is 49.4 Å². The first-order valence-electron chi connectivity index (χ1n) is 13.4. The number of piperidine rings is 1. The zero-order chi connectivity index (χ0) is 31.6. The van der Waals surface area contributed by atoms with Crippen molar-refractivity contribution in [1.82, 2.24) is 10.2 Å². The number of likely N-dealkylation sites (tertiary alicyclic amines) is 1. The Hall–Kier alpha value is -2.79. The van der Waals surface area contributed by atoms with Crippen molar-refractivity contribution in [2.24, 2.45) is 0 Å². The molecule has 1 unspecified atom stereocenters. The SMILES string of the molecule is CC(=O)C1(c2ccccc2)CCN(CCC(NC(=O)c2cc(C(F)(F)F)cc(C(F)(F)F)c2)c2ccc(Cl)c(Cl)c2)CC1.Cl. The Labute approximate surface area is 267 Å². The van der Waals surface area contributed by atoms with Crippen LogP contribution >= 0.6 is 35.6 Å². The number of benzene rings is 3. The maximum Gasteiger partial charge on any atom is 0.416 e. The molecule has 1 amide bonds. The number of carbonyl (C=O) groups excluding carboxylic acids is 2. The van der Waals surface area contributed by atoms with E-state index in [-0.39, 0.29) is 40.7 Å². The van der Waals surface area contributed by atoms with Crippen LogP contribution in [-0.4, -0.2) is 36.2 Å². The third kappa shape index (κ3) is 8.27. The lowest BCUT2D eigenvalue weighted by Crippen LogP contribution is -2.47. The number of amides is 1. The Morgan fingerprint density at radius 1 is 0.864 bits per heavy atom. The summed E-state index contributed by atoms with van der Waals surface area (Å²) in [6.45, 7) is 3.14. The number of alkyl halides is 6. The third-order valence-electron chi connectivity index (χ3n) is 7.95. The van der Waals surface area contributed by atoms with Crippen LogP contribution in [-0.2, 0) is 22.6 Å². The molecule has 1 fully saturated rings. The number of carbonyl (C=O) groups is 2. The van der Waals surface area contributed by atoms with Gasteiger partial charge in [0.1, 0.15) is 5.78 Å². The molecule has 0 aromatic heterocycles. The Bertz CT molecular complexity index is 1440. The Morgan fingerprint density at radius 2 is 1.43 bits per heavy atom. The van der Waals surface area contributed by atoms with Crippen LogP contribution in [0.1, 0.15) is 64.8 Å². The van der Waals surface area contributed by atoms with Crippen LogP contribution < -0.4 is 5.32 Å². The molecule has 3 aromatic rings. The first kappa shape index (κ1) is 35.7. The third-order valence-corrected chi connectivity index (χ3v) is 8.68. The van der Waals surface area contributed by atoms with Gasteiger partial charge in [-0.05, 0) is 80.7 Å². The van der Waals surface area contributed by atoms with Crippen LogP contribution in [0.4, 0.5) is 26.3 Å². The van der Waals surface area contributed by atoms with Gasteiger partial charge in [0, 0.05) is 12.1 Å². The molecule has 4 rings (SSSR count). The van der Waals surface area contributed by atoms with E-state index < -0.39 is 46.4 Å². The van der Waals surface area contributed by atoms with Crippen molar-refractivity contribution in [2.45, 2.75) is 50.0 Å². The molecule has 0 saturated carbocycles. The summed E-state index contributed by atoms with van der Waals surface area (Å²) in [5.41, 5.74) is -3.14. The minimum atomic E-state index is -5.09. The molecule has 0 aliphatic carbocycles. The monoisotopic (exact) mass is 680 g/mol. The molecular formula is C31H29Cl3F6N2O2. The van der Waals surface area contributed by atoms with Crippen molar-refractivity contribution in [3.63, 3.8) is 0 Å². The maximum atomic E-state index is 13.4. The average Bonchev–Trinajstić information content (AvgIpc) is 2.96. The van der Waals surface area contributed by atoms with Gasteiger partial charge in [0.25, 0.3) is 5.91 Å². The molecule has 1 heterocycles. The Kier molecular flexibility index (Phi) is 11.4. The quantitative estimate of drug-likeness (QED) is 0.242. The fourth-order valence-corrected chi connectivity index (χ4v) is 5.76. The van der Waals surface area contributed by atoms with E-state index in [2.05, 4.69) is 10.2 Å². The van der Waals surface area contributed by atoms with Gasteiger partial charge in [-0.1, -0.05) is 59.6 Å². The smallest absolute Gasteiger partial charge is 0.345 e. The van der Waals surface area contributed by atoms with Gasteiger partial charge >= 0.3 is 12.4 Å². The first-order valence-corrected chi connectivity index (χ1v) is 14.2. The molecule has 1 aliphatic rings. The van der Waals surface area contributed by atoms with Gasteiger partial charge in [-0.25, -0.2) is 0 Å². The molecule has 1 N–H and O–H groups in total. The van der Waals surface area contributed by atoms with Crippen molar-refractivity contribution in [3.05, 3.63) is 105 Å². The average molecular weight is 682 g/mol. The van der Waals surface area contributed by atoms with E-state index in [0.29, 0.717) is 50.2 Å². The second-order valence-electron chi connectivity index (χ2n) is 10.6. The van der Waals surface area contributed by atoms with E-state index in [0.717, 1.165) is 5.56 Å². The largest absolute Gasteiger partial charge is 0.416 e. The lowest BCUT2D eigenvalue weighted by molar-refractivity contribution is -0.143. The van der Waals surface area contributed by atoms with Crippen LogP contribution in [0, 0.1) is 0 Å². The number of halogens is 9. The highest BCUT2D eigenvalue weighted by Gasteiger charge is 2.41. The summed E-state index contributed by atoms with van der Waals surface area (Å²) in [5, 5.41) is 3.00. The summed E-state index contributed by atoms with van der Waals surface area (Å²) in [6.07, 6.45) is -8.79. The summed E-state index contributed by atoms with van der Waals surface area (Å²) in [6, 6.07) is 14.0. The summed E-state index contributed by atoms with van der Waals surface area (Å²) in [4.78, 5) is 28.0. The van der Waals surface area contributed by atoms with Gasteiger partial charge in [0.05, 0.1) is 32.6 Å². The highest BCUT2D eigenvalue weighted by molar-refractivity contribution is 6.42. The molecule has 13 heteroatoms. The molecule has 1 saturated heterocycles. The van der Waals surface area contributed by atoms with Gasteiger partial charge in [0.15, 0.2) is 0 Å². The highest BCUT2D eigenvalue weighted by atomic mass is 35.5. The van der Waals surface area contributed by atoms with Crippen LogP contribution in [0.3, 0.4) is 0 Å². The molecule has 1 aliphatic heterocycles. The van der Waals surface area contributed by atoms with Gasteiger partial charge in [-0.3, -0.25) is 9.59 Å². The van der Waals surface area contributed by atoms with Crippen LogP contribution in [0.15, 0.2) is 66.7 Å². The van der Waals surface area contributed by atoms with Crippen molar-refractivity contribution >= 4 is 47.3 Å². The minimum Gasteiger partial charge on any atom is -0.345 e. The van der Waals surface area contributed by atoms with E-state index in [1.807, 2.05) is 30.3 Å². The second kappa shape index (κ2) is 14.1. The molecular weight excluding hydrogens is 653 g/mol. The van der Waals surface area contributed by atoms with Crippen molar-refractivity contribution in [3.8, 4) is 0 Å². The zero-order valence-electron chi connectivity index (χ0n) is 23.4. The van der Waals surface area contributed by atoms with E-state index in [1.165, 1.54) is 12.1 Å². The van der Waals surface area contributed by atoms with Gasteiger partial charge < -0.3 is 10.2 Å². The fraction of sp³-hybridized carbons (Fsp3) is 0.355. The highest BCUT2D eigenvalue weighted by Crippen LogP contribution is 2.38. The van der Waals surface area contributed by atoms with E-state index in [4.69, 9.17) is 23.2 Å². The van der Waals surface area contributed by atoms with Crippen LogP contribution in [0.5, 0.6) is 0 Å². The van der Waals surface area contributed by atoms with E-state index in [9.17, 15) is 35.9 Å². The van der Waals surface area contributed by atoms with Crippen molar-refractivity contribution in [2.75, 3.05) is 19.6 Å². The molecule has 1 atom stereocenters. The molecule has 0 radical (unpaired) electrons. The normalized spacial score (nSPS) is 16.1. The molecule has 4 nitrogen and oxygen atoms in total. The van der Waals surface area contributed by atoms with Crippen molar-refractivity contribution in [1.29, 1.82) is 0 Å². The summed E-state index contributed by atoms with van der Waals surface area (Å²) >= 11 is 12.2. The predicted octanol–water partition coefficient (Wildman–Crippen LogP) is 8.94. The predicted molar refractivity (Wildman–Crippen MR) is 159 cm³/mol. The summed E-state index contributed by atoms with van der Waals surface area (Å²) in [7, 11) is 0. The number of rotatable bonds is 8. The van der Waals surface area contributed by atoms with Crippen molar-refractivity contribution < 1.29 is 35.9 Å². The van der Waals surface area contributed by atoms with Crippen LogP contribution in [0.25, 0.3) is 0 Å². The Morgan fingerprint density at radius 3 is 1.93 bits per heavy atom. The lowest BCUT2D eigenvalue weighted by atomic mass is 9.70. The van der Waals surface area contributed by atoms with E-state index in [1.54, 1.807) is 13.0 Å². The van der Waals surface area contributed by atoms with E-state index >= 15 is 0 Å². The number of ketones is 1. The standard InChI is InChI=1S/C31H28Cl2F6N2O2.ClH/c1-19(42)29(22-5-3-2-4-6-22)10-13-41(14-11-29)12-9-27(20-7-8-25(32)26(33)17-20)40-28(43)21-15-23(30(34,35)36)18-24(16-21)31(37,38)39;/h2-8,15-18,27H,9-14H2,1H3,(H,40,43);1H. The van der Waals surface area contributed by atoms with Gasteiger partial charge in [-0.2, -0.15) is 26.3 Å². The fourth-order valence-electron chi connectivity index (χ4n) is 5.45. The zero-order valence-corrected chi connectivity index (χ0v) is 25.7. The molecule has 3 aromatic carbocycles. The number of nitrogens with one attached hydrogen (secondary N) is 1. The molecule has 238 valence electrons. The van der Waals surface area contributed by atoms with Gasteiger partial charge in [-0.15, -0.1) is 12.4 Å². The second-order valence-corrected chi connectivity index (χ2v) is 11.4. The maximum absolute atomic E-state index is 13.4. The van der Waals surface area contributed by atoms with Gasteiger partial charge in [0.2, 0.25) is 0 Å². The lowest BCUT2D eigenvalue weighted by Gasteiger charge is -2.41.